The molecular weight excluding hydrogens is 341 g/mol. The Hall–Kier alpha value is -2.43. The summed E-state index contributed by atoms with van der Waals surface area (Å²) in [6.07, 6.45) is 4.04. The molecule has 25 heavy (non-hydrogen) atoms. The van der Waals surface area contributed by atoms with Crippen molar-refractivity contribution in [2.45, 2.75) is 13.2 Å². The van der Waals surface area contributed by atoms with E-state index in [-0.39, 0.29) is 25.0 Å². The summed E-state index contributed by atoms with van der Waals surface area (Å²) in [4.78, 5) is 0. The quantitative estimate of drug-likeness (QED) is 0.644. The summed E-state index contributed by atoms with van der Waals surface area (Å²) in [7, 11) is 0. The lowest BCUT2D eigenvalue weighted by Crippen LogP contribution is -3.00. The van der Waals surface area contributed by atoms with E-state index in [0.717, 1.165) is 28.0 Å². The lowest BCUT2D eigenvalue weighted by Gasteiger charge is -2.19. The van der Waals surface area contributed by atoms with E-state index in [1.54, 1.807) is 0 Å². The molecule has 0 N–H and O–H groups in total. The van der Waals surface area contributed by atoms with Crippen LogP contribution in [0.5, 0.6) is 5.75 Å². The highest BCUT2D eigenvalue weighted by Crippen LogP contribution is 2.29. The first kappa shape index (κ1) is 17.4. The van der Waals surface area contributed by atoms with Crippen LogP contribution in [0.2, 0.25) is 0 Å². The molecule has 0 spiro atoms. The standard InChI is InChI=1S/C20H17FNO2.ClH/c21-19-9-17(20-18(10-19)13-23-14-24-20)12-22-8-4-7-16(11-22)15-5-2-1-3-6-15;/h1-11H,12-14H2;1H/q+1;/p-1. The van der Waals surface area contributed by atoms with Crippen molar-refractivity contribution in [3.63, 3.8) is 0 Å². The molecule has 2 heterocycles. The Morgan fingerprint density at radius 3 is 2.64 bits per heavy atom. The van der Waals surface area contributed by atoms with E-state index in [4.69, 9.17) is 9.47 Å². The molecule has 1 aliphatic heterocycles. The van der Waals surface area contributed by atoms with E-state index in [9.17, 15) is 4.39 Å². The number of pyridine rings is 1. The van der Waals surface area contributed by atoms with Crippen LogP contribution in [-0.4, -0.2) is 6.79 Å². The van der Waals surface area contributed by atoms with E-state index in [1.165, 1.54) is 12.1 Å². The Labute approximate surface area is 152 Å². The lowest BCUT2D eigenvalue weighted by molar-refractivity contribution is -0.687. The summed E-state index contributed by atoms with van der Waals surface area (Å²) < 4.78 is 26.8. The van der Waals surface area contributed by atoms with E-state index < -0.39 is 0 Å². The Balaban J connectivity index is 0.00000182. The number of aromatic nitrogens is 1. The maximum atomic E-state index is 13.9. The van der Waals surface area contributed by atoms with Gasteiger partial charge in [0.25, 0.3) is 0 Å². The minimum atomic E-state index is -0.266. The third kappa shape index (κ3) is 3.81. The van der Waals surface area contributed by atoms with Gasteiger partial charge in [-0.2, -0.15) is 0 Å². The number of nitrogens with zero attached hydrogens (tertiary/aromatic N) is 1. The van der Waals surface area contributed by atoms with Crippen LogP contribution in [-0.2, 0) is 17.9 Å². The molecule has 2 aromatic carbocycles. The fraction of sp³-hybridized carbons (Fsp3) is 0.150. The Bertz CT molecular complexity index is 871. The van der Waals surface area contributed by atoms with Crippen molar-refractivity contribution >= 4 is 0 Å². The second-order valence-electron chi connectivity index (χ2n) is 5.79. The summed E-state index contributed by atoms with van der Waals surface area (Å²) >= 11 is 0. The molecule has 0 fully saturated rings. The minimum absolute atomic E-state index is 0. The van der Waals surface area contributed by atoms with Crippen LogP contribution in [0.4, 0.5) is 4.39 Å². The highest BCUT2D eigenvalue weighted by Gasteiger charge is 2.19. The summed E-state index contributed by atoms with van der Waals surface area (Å²) in [6, 6.07) is 17.3. The number of hydrogen-bond donors (Lipinski definition) is 0. The molecule has 0 bridgehead atoms. The number of rotatable bonds is 3. The number of benzene rings is 2. The summed E-state index contributed by atoms with van der Waals surface area (Å²) in [5, 5.41) is 0. The number of hydrogen-bond acceptors (Lipinski definition) is 2. The topological polar surface area (TPSA) is 22.3 Å². The first-order valence-corrected chi connectivity index (χ1v) is 7.86. The van der Waals surface area contributed by atoms with Gasteiger partial charge in [0.1, 0.15) is 11.6 Å². The minimum Gasteiger partial charge on any atom is -1.00 e. The third-order valence-electron chi connectivity index (χ3n) is 4.07. The summed E-state index contributed by atoms with van der Waals surface area (Å²) in [5.41, 5.74) is 3.85. The Morgan fingerprint density at radius 1 is 1.00 bits per heavy atom. The predicted octanol–water partition coefficient (Wildman–Crippen LogP) is 0.699. The molecule has 0 amide bonds. The van der Waals surface area contributed by atoms with E-state index in [2.05, 4.69) is 24.4 Å². The van der Waals surface area contributed by atoms with Crippen LogP contribution >= 0.6 is 0 Å². The van der Waals surface area contributed by atoms with Crippen molar-refractivity contribution in [1.29, 1.82) is 0 Å². The van der Waals surface area contributed by atoms with E-state index >= 15 is 0 Å². The van der Waals surface area contributed by atoms with Crippen molar-refractivity contribution in [2.24, 2.45) is 0 Å². The van der Waals surface area contributed by atoms with Gasteiger partial charge in [0.15, 0.2) is 25.7 Å². The highest BCUT2D eigenvalue weighted by atomic mass is 35.5. The molecule has 4 rings (SSSR count). The Morgan fingerprint density at radius 2 is 1.80 bits per heavy atom. The fourth-order valence-corrected chi connectivity index (χ4v) is 2.99. The molecular formula is C20H17ClFNO2. The van der Waals surface area contributed by atoms with Crippen LogP contribution in [0.25, 0.3) is 11.1 Å². The van der Waals surface area contributed by atoms with Crippen molar-refractivity contribution in [3.8, 4) is 16.9 Å². The molecule has 1 aromatic heterocycles. The zero-order valence-electron chi connectivity index (χ0n) is 13.5. The molecule has 1 aliphatic rings. The van der Waals surface area contributed by atoms with Crippen LogP contribution in [0, 0.1) is 5.82 Å². The van der Waals surface area contributed by atoms with Crippen molar-refractivity contribution in [2.75, 3.05) is 6.79 Å². The van der Waals surface area contributed by atoms with Gasteiger partial charge in [0, 0.05) is 17.2 Å². The molecule has 0 radical (unpaired) electrons. The average molecular weight is 358 g/mol. The smallest absolute Gasteiger partial charge is 0.189 e. The van der Waals surface area contributed by atoms with Gasteiger partial charge in [-0.15, -0.1) is 0 Å². The number of ether oxygens (including phenoxy) is 2. The summed E-state index contributed by atoms with van der Waals surface area (Å²) in [6.45, 7) is 1.13. The predicted molar refractivity (Wildman–Crippen MR) is 87.9 cm³/mol. The molecule has 3 aromatic rings. The fourth-order valence-electron chi connectivity index (χ4n) is 2.99. The van der Waals surface area contributed by atoms with Crippen LogP contribution in [0.1, 0.15) is 11.1 Å². The normalized spacial score (nSPS) is 12.7. The molecule has 128 valence electrons. The van der Waals surface area contributed by atoms with Crippen molar-refractivity contribution < 1.29 is 30.8 Å². The van der Waals surface area contributed by atoms with E-state index in [1.807, 2.05) is 35.0 Å². The zero-order valence-corrected chi connectivity index (χ0v) is 14.2. The van der Waals surface area contributed by atoms with Crippen molar-refractivity contribution in [1.82, 2.24) is 0 Å². The molecule has 0 unspecified atom stereocenters. The SMILES string of the molecule is Fc1cc2c(c(C[n+]3cccc(-c4ccccc4)c3)c1)OCOC2.[Cl-]. The summed E-state index contributed by atoms with van der Waals surface area (Å²) in [5.74, 6) is 0.470. The first-order chi connectivity index (χ1) is 11.8. The van der Waals surface area contributed by atoms with Gasteiger partial charge in [-0.1, -0.05) is 30.3 Å². The molecule has 0 saturated carbocycles. The maximum Gasteiger partial charge on any atom is 0.189 e. The second-order valence-corrected chi connectivity index (χ2v) is 5.79. The molecule has 0 atom stereocenters. The lowest BCUT2D eigenvalue weighted by atomic mass is 10.1. The first-order valence-electron chi connectivity index (χ1n) is 7.86. The second kappa shape index (κ2) is 7.64. The van der Waals surface area contributed by atoms with Gasteiger partial charge >= 0.3 is 0 Å². The maximum absolute atomic E-state index is 13.9. The van der Waals surface area contributed by atoms with Gasteiger partial charge in [-0.05, 0) is 23.8 Å². The van der Waals surface area contributed by atoms with Gasteiger partial charge in [0.2, 0.25) is 0 Å². The van der Waals surface area contributed by atoms with Crippen LogP contribution in [0.15, 0.2) is 67.0 Å². The Kier molecular flexibility index (Phi) is 5.31. The number of fused-ring (bicyclic) bond motifs is 1. The number of halogens is 2. The van der Waals surface area contributed by atoms with E-state index in [0.29, 0.717) is 13.2 Å². The molecule has 0 saturated heterocycles. The molecule has 3 nitrogen and oxygen atoms in total. The average Bonchev–Trinajstić information content (AvgIpc) is 2.62. The van der Waals surface area contributed by atoms with Gasteiger partial charge < -0.3 is 21.9 Å². The monoisotopic (exact) mass is 357 g/mol. The van der Waals surface area contributed by atoms with Gasteiger partial charge in [-0.3, -0.25) is 0 Å². The highest BCUT2D eigenvalue weighted by molar-refractivity contribution is 5.61. The van der Waals surface area contributed by atoms with Crippen LogP contribution in [0.3, 0.4) is 0 Å². The van der Waals surface area contributed by atoms with Gasteiger partial charge in [0.05, 0.1) is 12.2 Å². The zero-order chi connectivity index (χ0) is 16.4. The largest absolute Gasteiger partial charge is 1.00 e. The third-order valence-corrected chi connectivity index (χ3v) is 4.07. The van der Waals surface area contributed by atoms with Gasteiger partial charge in [-0.25, -0.2) is 8.96 Å². The molecule has 0 aliphatic carbocycles. The van der Waals surface area contributed by atoms with Crippen LogP contribution < -0.4 is 21.7 Å². The van der Waals surface area contributed by atoms with Crippen molar-refractivity contribution in [3.05, 3.63) is 83.9 Å². The molecule has 5 heteroatoms.